The molecule has 0 spiro atoms. The van der Waals surface area contributed by atoms with E-state index in [1.54, 1.807) is 6.08 Å². The van der Waals surface area contributed by atoms with Gasteiger partial charge in [0.15, 0.2) is 0 Å². The zero-order valence-corrected chi connectivity index (χ0v) is 11.1. The lowest BCUT2D eigenvalue weighted by Crippen LogP contribution is -2.22. The van der Waals surface area contributed by atoms with Crippen LogP contribution >= 0.6 is 0 Å². The Morgan fingerprint density at radius 2 is 1.95 bits per heavy atom. The molecule has 0 aliphatic heterocycles. The van der Waals surface area contributed by atoms with Gasteiger partial charge in [-0.2, -0.15) is 0 Å². The maximum atomic E-state index is 11.1. The summed E-state index contributed by atoms with van der Waals surface area (Å²) in [5.74, 6) is -0.622. The van der Waals surface area contributed by atoms with Gasteiger partial charge in [-0.05, 0) is 12.0 Å². The SMILES string of the molecule is CCC[C@@H](C=O)[C@@H](/C=C/c1ccccc1)C[N+](=O)[O-]. The van der Waals surface area contributed by atoms with Crippen LogP contribution in [0.5, 0.6) is 0 Å². The molecule has 19 heavy (non-hydrogen) atoms. The zero-order chi connectivity index (χ0) is 14.1. The van der Waals surface area contributed by atoms with E-state index in [0.717, 1.165) is 18.3 Å². The minimum atomic E-state index is -0.355. The van der Waals surface area contributed by atoms with Gasteiger partial charge in [-0.3, -0.25) is 10.1 Å². The summed E-state index contributed by atoms with van der Waals surface area (Å²) in [7, 11) is 0. The lowest BCUT2D eigenvalue weighted by Gasteiger charge is -2.15. The Labute approximate surface area is 113 Å². The maximum Gasteiger partial charge on any atom is 0.210 e. The predicted molar refractivity (Wildman–Crippen MR) is 75.3 cm³/mol. The van der Waals surface area contributed by atoms with Crippen molar-refractivity contribution in [2.75, 3.05) is 6.54 Å². The van der Waals surface area contributed by atoms with Crippen molar-refractivity contribution in [3.05, 3.63) is 52.1 Å². The molecule has 0 aliphatic rings. The first-order valence-corrected chi connectivity index (χ1v) is 6.47. The van der Waals surface area contributed by atoms with Crippen LogP contribution < -0.4 is 0 Å². The first-order chi connectivity index (χ1) is 9.17. The molecule has 0 saturated heterocycles. The van der Waals surface area contributed by atoms with Crippen molar-refractivity contribution in [2.24, 2.45) is 11.8 Å². The highest BCUT2D eigenvalue weighted by molar-refractivity contribution is 5.56. The molecule has 1 aromatic carbocycles. The van der Waals surface area contributed by atoms with Crippen LogP contribution in [0.3, 0.4) is 0 Å². The van der Waals surface area contributed by atoms with E-state index in [-0.39, 0.29) is 23.3 Å². The van der Waals surface area contributed by atoms with E-state index in [0.29, 0.717) is 6.42 Å². The third-order valence-electron chi connectivity index (χ3n) is 3.04. The fraction of sp³-hybridized carbons (Fsp3) is 0.400. The third kappa shape index (κ3) is 5.46. The Balaban J connectivity index is 2.81. The number of aldehydes is 1. The number of carbonyl (C=O) groups is 1. The molecule has 0 bridgehead atoms. The van der Waals surface area contributed by atoms with Crippen molar-refractivity contribution in [1.29, 1.82) is 0 Å². The molecule has 0 heterocycles. The number of benzene rings is 1. The summed E-state index contributed by atoms with van der Waals surface area (Å²) in [5.41, 5.74) is 0.983. The van der Waals surface area contributed by atoms with E-state index in [1.807, 2.05) is 43.3 Å². The quantitative estimate of drug-likeness (QED) is 0.410. The molecule has 0 aliphatic carbocycles. The summed E-state index contributed by atoms with van der Waals surface area (Å²) in [5, 5.41) is 10.7. The van der Waals surface area contributed by atoms with Crippen LogP contribution in [0, 0.1) is 22.0 Å². The van der Waals surface area contributed by atoms with Crippen molar-refractivity contribution in [3.63, 3.8) is 0 Å². The molecule has 102 valence electrons. The van der Waals surface area contributed by atoms with Gasteiger partial charge >= 0.3 is 0 Å². The molecular formula is C15H19NO3. The van der Waals surface area contributed by atoms with Crippen molar-refractivity contribution >= 4 is 12.4 Å². The van der Waals surface area contributed by atoms with Gasteiger partial charge in [-0.25, -0.2) is 0 Å². The predicted octanol–water partition coefficient (Wildman–Crippen LogP) is 3.21. The van der Waals surface area contributed by atoms with Gasteiger partial charge in [-0.15, -0.1) is 0 Å². The van der Waals surface area contributed by atoms with Crippen molar-refractivity contribution < 1.29 is 9.72 Å². The van der Waals surface area contributed by atoms with Crippen LogP contribution in [0.25, 0.3) is 6.08 Å². The molecule has 2 atom stereocenters. The van der Waals surface area contributed by atoms with Crippen LogP contribution in [0.2, 0.25) is 0 Å². The molecule has 4 nitrogen and oxygen atoms in total. The number of nitrogens with zero attached hydrogens (tertiary/aromatic N) is 1. The lowest BCUT2D eigenvalue weighted by atomic mass is 9.89. The molecule has 1 rings (SSSR count). The van der Waals surface area contributed by atoms with E-state index in [1.165, 1.54) is 0 Å². The molecule has 0 radical (unpaired) electrons. The van der Waals surface area contributed by atoms with Gasteiger partial charge in [0.2, 0.25) is 6.54 Å². The standard InChI is InChI=1S/C15H19NO3/c1-2-6-15(12-17)14(11-16(18)19)10-9-13-7-4-3-5-8-13/h3-5,7-10,12,14-15H,2,6,11H2,1H3/b10-9+/t14-,15-/m0/s1. The van der Waals surface area contributed by atoms with Gasteiger partial charge in [0.25, 0.3) is 0 Å². The summed E-state index contributed by atoms with van der Waals surface area (Å²) in [6.07, 6.45) is 6.00. The Kier molecular flexibility index (Phi) is 6.50. The van der Waals surface area contributed by atoms with E-state index in [9.17, 15) is 14.9 Å². The second kappa shape index (κ2) is 8.19. The minimum Gasteiger partial charge on any atom is -0.303 e. The molecule has 0 unspecified atom stereocenters. The second-order valence-corrected chi connectivity index (χ2v) is 4.54. The monoisotopic (exact) mass is 261 g/mol. The molecule has 0 saturated carbocycles. The molecule has 4 heteroatoms. The average Bonchev–Trinajstić information content (AvgIpc) is 2.42. The molecule has 0 fully saturated rings. The molecule has 0 amide bonds. The van der Waals surface area contributed by atoms with Crippen LogP contribution in [-0.2, 0) is 4.79 Å². The summed E-state index contributed by atoms with van der Waals surface area (Å²) in [6.45, 7) is 1.77. The maximum absolute atomic E-state index is 11.1. The largest absolute Gasteiger partial charge is 0.303 e. The van der Waals surface area contributed by atoms with Crippen LogP contribution in [-0.4, -0.2) is 17.8 Å². The van der Waals surface area contributed by atoms with Crippen LogP contribution in [0.15, 0.2) is 36.4 Å². The topological polar surface area (TPSA) is 60.2 Å². The van der Waals surface area contributed by atoms with E-state index in [2.05, 4.69) is 0 Å². The van der Waals surface area contributed by atoms with Crippen LogP contribution in [0.1, 0.15) is 25.3 Å². The molecular weight excluding hydrogens is 242 g/mol. The van der Waals surface area contributed by atoms with E-state index in [4.69, 9.17) is 0 Å². The first-order valence-electron chi connectivity index (χ1n) is 6.47. The van der Waals surface area contributed by atoms with E-state index < -0.39 is 0 Å². The van der Waals surface area contributed by atoms with Crippen molar-refractivity contribution in [1.82, 2.24) is 0 Å². The molecule has 0 aromatic heterocycles. The van der Waals surface area contributed by atoms with Crippen LogP contribution in [0.4, 0.5) is 0 Å². The Morgan fingerprint density at radius 1 is 1.26 bits per heavy atom. The normalized spacial score (nSPS) is 14.2. The Morgan fingerprint density at radius 3 is 2.47 bits per heavy atom. The summed E-state index contributed by atoms with van der Waals surface area (Å²) in [6, 6.07) is 9.58. The minimum absolute atomic E-state index is 0.202. The number of nitro groups is 1. The number of carbonyl (C=O) groups excluding carboxylic acids is 1. The van der Waals surface area contributed by atoms with Gasteiger partial charge in [0.1, 0.15) is 6.29 Å². The summed E-state index contributed by atoms with van der Waals surface area (Å²) in [4.78, 5) is 21.4. The first kappa shape index (κ1) is 15.1. The Bertz CT molecular complexity index is 428. The molecule has 0 N–H and O–H groups in total. The van der Waals surface area contributed by atoms with Gasteiger partial charge in [-0.1, -0.05) is 55.8 Å². The highest BCUT2D eigenvalue weighted by Gasteiger charge is 2.22. The smallest absolute Gasteiger partial charge is 0.210 e. The van der Waals surface area contributed by atoms with Gasteiger partial charge in [0.05, 0.1) is 5.92 Å². The lowest BCUT2D eigenvalue weighted by molar-refractivity contribution is -0.487. The fourth-order valence-electron chi connectivity index (χ4n) is 2.03. The summed E-state index contributed by atoms with van der Waals surface area (Å²) >= 11 is 0. The average molecular weight is 261 g/mol. The third-order valence-corrected chi connectivity index (χ3v) is 3.04. The van der Waals surface area contributed by atoms with Crippen molar-refractivity contribution in [2.45, 2.75) is 19.8 Å². The number of hydrogen-bond acceptors (Lipinski definition) is 3. The summed E-state index contributed by atoms with van der Waals surface area (Å²) < 4.78 is 0. The zero-order valence-electron chi connectivity index (χ0n) is 11.1. The highest BCUT2D eigenvalue weighted by Crippen LogP contribution is 2.19. The van der Waals surface area contributed by atoms with Gasteiger partial charge in [0, 0.05) is 10.8 Å². The number of hydrogen-bond donors (Lipinski definition) is 0. The van der Waals surface area contributed by atoms with Crippen molar-refractivity contribution in [3.8, 4) is 0 Å². The Hall–Kier alpha value is -1.97. The number of rotatable bonds is 8. The van der Waals surface area contributed by atoms with E-state index >= 15 is 0 Å². The highest BCUT2D eigenvalue weighted by atomic mass is 16.6. The van der Waals surface area contributed by atoms with Gasteiger partial charge < -0.3 is 4.79 Å². The fourth-order valence-corrected chi connectivity index (χ4v) is 2.03. The second-order valence-electron chi connectivity index (χ2n) is 4.54. The molecule has 1 aromatic rings.